The first-order valence-corrected chi connectivity index (χ1v) is 9.56. The molecule has 2 aromatic carbocycles. The zero-order valence-corrected chi connectivity index (χ0v) is 17.3. The molecule has 12 heteroatoms. The lowest BCUT2D eigenvalue weighted by molar-refractivity contribution is -0.143. The predicted octanol–water partition coefficient (Wildman–Crippen LogP) is 5.35. The largest absolute Gasteiger partial charge is 0.416 e. The number of nitrogens with zero attached hydrogens (tertiary/aromatic N) is 2. The molecule has 32 heavy (non-hydrogen) atoms. The second kappa shape index (κ2) is 8.77. The van der Waals surface area contributed by atoms with E-state index in [0.717, 1.165) is 15.2 Å². The molecule has 0 atom stereocenters. The second-order valence-corrected chi connectivity index (χ2v) is 7.48. The van der Waals surface area contributed by atoms with Gasteiger partial charge in [-0.2, -0.15) is 31.4 Å². The van der Waals surface area contributed by atoms with Crippen LogP contribution in [0.15, 0.2) is 63.9 Å². The van der Waals surface area contributed by atoms with E-state index in [0.29, 0.717) is 23.4 Å². The number of carbonyl (C=O) groups is 1. The Morgan fingerprint density at radius 2 is 1.47 bits per heavy atom. The van der Waals surface area contributed by atoms with Crippen LogP contribution in [-0.2, 0) is 23.7 Å². The number of benzene rings is 2. The third-order valence-corrected chi connectivity index (χ3v) is 4.70. The van der Waals surface area contributed by atoms with Crippen molar-refractivity contribution in [1.82, 2.24) is 9.78 Å². The van der Waals surface area contributed by atoms with Crippen molar-refractivity contribution in [1.29, 1.82) is 0 Å². The summed E-state index contributed by atoms with van der Waals surface area (Å²) in [6, 6.07) is 10.1. The lowest BCUT2D eigenvalue weighted by atomic mass is 10.1. The Balaban J connectivity index is 1.86. The molecule has 0 spiro atoms. The van der Waals surface area contributed by atoms with Gasteiger partial charge in [-0.25, -0.2) is 4.68 Å². The molecular formula is C20H12BrF6N3O2. The SMILES string of the molecule is O=C(Cn1nc(-c2ccc(Br)cc2)ccc1=O)Nc1cc(C(F)(F)F)cc(C(F)(F)F)c1. The summed E-state index contributed by atoms with van der Waals surface area (Å²) in [5.74, 6) is -1.03. The molecule has 0 aliphatic rings. The molecular weight excluding hydrogens is 508 g/mol. The maximum atomic E-state index is 13.0. The molecule has 0 aliphatic carbocycles. The number of carbonyl (C=O) groups excluding carboxylic acids is 1. The van der Waals surface area contributed by atoms with Gasteiger partial charge in [0.15, 0.2) is 0 Å². The van der Waals surface area contributed by atoms with E-state index in [1.165, 1.54) is 6.07 Å². The van der Waals surface area contributed by atoms with E-state index in [1.54, 1.807) is 24.3 Å². The number of nitrogens with one attached hydrogen (secondary N) is 1. The van der Waals surface area contributed by atoms with E-state index >= 15 is 0 Å². The number of hydrogen-bond donors (Lipinski definition) is 1. The van der Waals surface area contributed by atoms with Crippen LogP contribution in [0.4, 0.5) is 32.0 Å². The normalized spacial score (nSPS) is 12.0. The van der Waals surface area contributed by atoms with Crippen molar-refractivity contribution in [3.63, 3.8) is 0 Å². The molecule has 1 aromatic heterocycles. The van der Waals surface area contributed by atoms with Crippen LogP contribution in [-0.4, -0.2) is 15.7 Å². The maximum absolute atomic E-state index is 13.0. The van der Waals surface area contributed by atoms with Crippen molar-refractivity contribution in [3.05, 3.63) is 80.6 Å². The summed E-state index contributed by atoms with van der Waals surface area (Å²) in [5.41, 5.74) is -3.58. The van der Waals surface area contributed by atoms with Crippen molar-refractivity contribution in [3.8, 4) is 11.3 Å². The van der Waals surface area contributed by atoms with Gasteiger partial charge in [0.2, 0.25) is 5.91 Å². The Labute approximate surface area is 184 Å². The van der Waals surface area contributed by atoms with Gasteiger partial charge in [-0.15, -0.1) is 0 Å². The zero-order chi connectivity index (χ0) is 23.7. The predicted molar refractivity (Wildman–Crippen MR) is 107 cm³/mol. The fourth-order valence-electron chi connectivity index (χ4n) is 2.70. The topological polar surface area (TPSA) is 64.0 Å². The first kappa shape index (κ1) is 23.5. The smallest absolute Gasteiger partial charge is 0.324 e. The lowest BCUT2D eigenvalue weighted by Crippen LogP contribution is -2.29. The number of alkyl halides is 6. The van der Waals surface area contributed by atoms with Crippen LogP contribution >= 0.6 is 15.9 Å². The molecule has 0 fully saturated rings. The molecule has 0 radical (unpaired) electrons. The van der Waals surface area contributed by atoms with E-state index in [4.69, 9.17) is 0 Å². The van der Waals surface area contributed by atoms with Crippen molar-refractivity contribution in [2.45, 2.75) is 18.9 Å². The average Bonchev–Trinajstić information content (AvgIpc) is 2.69. The summed E-state index contributed by atoms with van der Waals surface area (Å²) in [5, 5.41) is 6.00. The molecule has 0 bridgehead atoms. The first-order chi connectivity index (χ1) is 14.8. The van der Waals surface area contributed by atoms with Gasteiger partial charge < -0.3 is 5.32 Å². The molecule has 168 valence electrons. The Hall–Kier alpha value is -3.15. The molecule has 3 aromatic rings. The number of aromatic nitrogens is 2. The molecule has 0 aliphatic heterocycles. The van der Waals surface area contributed by atoms with E-state index in [2.05, 4.69) is 21.0 Å². The highest BCUT2D eigenvalue weighted by molar-refractivity contribution is 9.10. The average molecular weight is 520 g/mol. The van der Waals surface area contributed by atoms with Crippen LogP contribution in [0.3, 0.4) is 0 Å². The van der Waals surface area contributed by atoms with Crippen LogP contribution in [0.25, 0.3) is 11.3 Å². The highest BCUT2D eigenvalue weighted by atomic mass is 79.9. The second-order valence-electron chi connectivity index (χ2n) is 6.56. The Bertz CT molecular complexity index is 1170. The fraction of sp³-hybridized carbons (Fsp3) is 0.150. The maximum Gasteiger partial charge on any atom is 0.416 e. The highest BCUT2D eigenvalue weighted by Gasteiger charge is 2.37. The molecule has 0 saturated carbocycles. The summed E-state index contributed by atoms with van der Waals surface area (Å²) in [4.78, 5) is 24.3. The number of anilines is 1. The van der Waals surface area contributed by atoms with Gasteiger partial charge in [0, 0.05) is 21.8 Å². The molecule has 3 rings (SSSR count). The van der Waals surface area contributed by atoms with Gasteiger partial charge in [0.25, 0.3) is 5.56 Å². The molecule has 5 nitrogen and oxygen atoms in total. The number of halogens is 7. The van der Waals surface area contributed by atoms with E-state index in [-0.39, 0.29) is 6.07 Å². The van der Waals surface area contributed by atoms with Crippen LogP contribution in [0.2, 0.25) is 0 Å². The number of rotatable bonds is 4. The minimum atomic E-state index is -5.06. The minimum absolute atomic E-state index is 0.0522. The lowest BCUT2D eigenvalue weighted by Gasteiger charge is -2.15. The van der Waals surface area contributed by atoms with E-state index in [1.807, 2.05) is 5.32 Å². The van der Waals surface area contributed by atoms with Gasteiger partial charge in [-0.05, 0) is 36.4 Å². The first-order valence-electron chi connectivity index (χ1n) is 8.76. The molecule has 0 unspecified atom stereocenters. The summed E-state index contributed by atoms with van der Waals surface area (Å²) in [6.07, 6.45) is -10.1. The van der Waals surface area contributed by atoms with Gasteiger partial charge in [-0.1, -0.05) is 28.1 Å². The quantitative estimate of drug-likeness (QED) is 0.472. The third-order valence-electron chi connectivity index (χ3n) is 4.17. The van der Waals surface area contributed by atoms with Crippen molar-refractivity contribution in [2.75, 3.05) is 5.32 Å². The third kappa shape index (κ3) is 5.75. The van der Waals surface area contributed by atoms with Crippen molar-refractivity contribution < 1.29 is 31.1 Å². The summed E-state index contributed by atoms with van der Waals surface area (Å²) in [6.45, 7) is -0.721. The van der Waals surface area contributed by atoms with Gasteiger partial charge in [0.05, 0.1) is 16.8 Å². The summed E-state index contributed by atoms with van der Waals surface area (Å²) < 4.78 is 79.3. The minimum Gasteiger partial charge on any atom is -0.324 e. The van der Waals surface area contributed by atoms with Gasteiger partial charge in [-0.3, -0.25) is 9.59 Å². The molecule has 1 amide bonds. The van der Waals surface area contributed by atoms with E-state index < -0.39 is 47.2 Å². The highest BCUT2D eigenvalue weighted by Crippen LogP contribution is 2.37. The van der Waals surface area contributed by atoms with Crippen LogP contribution < -0.4 is 10.9 Å². The molecule has 0 saturated heterocycles. The Morgan fingerprint density at radius 1 is 0.906 bits per heavy atom. The van der Waals surface area contributed by atoms with E-state index in [9.17, 15) is 35.9 Å². The van der Waals surface area contributed by atoms with Crippen LogP contribution in [0.5, 0.6) is 0 Å². The molecule has 1 heterocycles. The zero-order valence-electron chi connectivity index (χ0n) is 15.8. The number of amides is 1. The van der Waals surface area contributed by atoms with Gasteiger partial charge >= 0.3 is 12.4 Å². The fourth-order valence-corrected chi connectivity index (χ4v) is 2.96. The standard InChI is InChI=1S/C20H12BrF6N3O2/c21-14-3-1-11(2-4-14)16-5-6-18(32)30(29-16)10-17(31)28-15-8-12(19(22,23)24)7-13(9-15)20(25,26)27/h1-9H,10H2,(H,28,31). The Kier molecular flexibility index (Phi) is 6.44. The number of hydrogen-bond acceptors (Lipinski definition) is 3. The van der Waals surface area contributed by atoms with Crippen molar-refractivity contribution in [2.24, 2.45) is 0 Å². The van der Waals surface area contributed by atoms with Crippen LogP contribution in [0.1, 0.15) is 11.1 Å². The molecule has 1 N–H and O–H groups in total. The van der Waals surface area contributed by atoms with Crippen molar-refractivity contribution >= 4 is 27.5 Å². The summed E-state index contributed by atoms with van der Waals surface area (Å²) >= 11 is 3.27. The monoisotopic (exact) mass is 519 g/mol. The summed E-state index contributed by atoms with van der Waals surface area (Å²) in [7, 11) is 0. The van der Waals surface area contributed by atoms with Gasteiger partial charge in [0.1, 0.15) is 6.54 Å². The Morgan fingerprint density at radius 3 is 2.00 bits per heavy atom. The van der Waals surface area contributed by atoms with Crippen LogP contribution in [0, 0.1) is 0 Å².